The Morgan fingerprint density at radius 1 is 1.16 bits per heavy atom. The maximum absolute atomic E-state index is 3.69. The van der Waals surface area contributed by atoms with Crippen LogP contribution in [0.2, 0.25) is 0 Å². The number of aryl methyl sites for hydroxylation is 1. The maximum atomic E-state index is 3.69. The van der Waals surface area contributed by atoms with E-state index in [9.17, 15) is 0 Å². The van der Waals surface area contributed by atoms with Crippen molar-refractivity contribution in [2.75, 3.05) is 18.1 Å². The summed E-state index contributed by atoms with van der Waals surface area (Å²) in [6, 6.07) is 9.55. The first-order chi connectivity index (χ1) is 9.17. The van der Waals surface area contributed by atoms with Gasteiger partial charge in [-0.1, -0.05) is 52.0 Å². The molecular weight excluding hydrogens is 250 g/mol. The van der Waals surface area contributed by atoms with Crippen molar-refractivity contribution in [2.45, 2.75) is 46.6 Å². The molecule has 0 saturated carbocycles. The average Bonchev–Trinajstić information content (AvgIpc) is 2.42. The Bertz CT molecular complexity index is 349. The fraction of sp³-hybridized carbons (Fsp3) is 0.647. The Kier molecular flexibility index (Phi) is 8.24. The molecule has 19 heavy (non-hydrogen) atoms. The summed E-state index contributed by atoms with van der Waals surface area (Å²) in [7, 11) is 0. The van der Waals surface area contributed by atoms with E-state index in [2.05, 4.69) is 69.0 Å². The number of hydrogen-bond donors (Lipinski definition) is 1. The molecule has 1 aromatic carbocycles. The zero-order valence-electron chi connectivity index (χ0n) is 12.9. The van der Waals surface area contributed by atoms with Crippen LogP contribution in [-0.2, 0) is 6.42 Å². The molecule has 2 heteroatoms. The molecule has 0 aliphatic carbocycles. The topological polar surface area (TPSA) is 12.0 Å². The van der Waals surface area contributed by atoms with Gasteiger partial charge in [-0.25, -0.2) is 0 Å². The highest BCUT2D eigenvalue weighted by Crippen LogP contribution is 2.21. The van der Waals surface area contributed by atoms with Gasteiger partial charge in [0.25, 0.3) is 0 Å². The lowest BCUT2D eigenvalue weighted by Gasteiger charge is -2.20. The number of hydrogen-bond acceptors (Lipinski definition) is 2. The highest BCUT2D eigenvalue weighted by molar-refractivity contribution is 7.99. The molecule has 0 fully saturated rings. The third-order valence-electron chi connectivity index (χ3n) is 3.14. The zero-order chi connectivity index (χ0) is 14.1. The van der Waals surface area contributed by atoms with Crippen LogP contribution in [-0.4, -0.2) is 18.1 Å². The molecule has 0 saturated heterocycles. The molecule has 0 aromatic heterocycles. The van der Waals surface area contributed by atoms with Gasteiger partial charge in [0.05, 0.1) is 0 Å². The first-order valence-corrected chi connectivity index (χ1v) is 8.72. The van der Waals surface area contributed by atoms with E-state index in [1.54, 1.807) is 0 Å². The summed E-state index contributed by atoms with van der Waals surface area (Å²) < 4.78 is 0. The summed E-state index contributed by atoms with van der Waals surface area (Å²) in [4.78, 5) is 0. The highest BCUT2D eigenvalue weighted by atomic mass is 32.2. The van der Waals surface area contributed by atoms with Crippen molar-refractivity contribution in [1.82, 2.24) is 5.32 Å². The molecule has 0 aliphatic rings. The third kappa shape index (κ3) is 6.49. The minimum atomic E-state index is 0.496. The van der Waals surface area contributed by atoms with Gasteiger partial charge in [-0.2, -0.15) is 11.8 Å². The van der Waals surface area contributed by atoms with Crippen molar-refractivity contribution in [3.63, 3.8) is 0 Å². The molecule has 1 N–H and O–H groups in total. The van der Waals surface area contributed by atoms with Crippen LogP contribution in [0.25, 0.3) is 0 Å². The smallest absolute Gasteiger partial charge is 0.0411 e. The standard InChI is InChI=1S/C17H29NS/c1-5-10-18-17(13-19-12-14(3)4)16-9-7-8-15(6-2)11-16/h7-9,11,14,17-18H,5-6,10,12-13H2,1-4H3. The van der Waals surface area contributed by atoms with Crippen LogP contribution in [0.3, 0.4) is 0 Å². The Morgan fingerprint density at radius 3 is 2.58 bits per heavy atom. The molecule has 0 heterocycles. The molecule has 0 bridgehead atoms. The second-order valence-corrected chi connectivity index (χ2v) is 6.61. The van der Waals surface area contributed by atoms with E-state index in [1.807, 2.05) is 0 Å². The van der Waals surface area contributed by atoms with Gasteiger partial charge in [-0.15, -0.1) is 0 Å². The van der Waals surface area contributed by atoms with E-state index in [0.717, 1.165) is 18.9 Å². The van der Waals surface area contributed by atoms with Gasteiger partial charge in [-0.3, -0.25) is 0 Å². The van der Waals surface area contributed by atoms with Crippen LogP contribution in [0.1, 0.15) is 51.3 Å². The van der Waals surface area contributed by atoms with E-state index in [1.165, 1.54) is 29.1 Å². The Balaban J connectivity index is 2.65. The van der Waals surface area contributed by atoms with Crippen molar-refractivity contribution in [3.8, 4) is 0 Å². The molecular formula is C17H29NS. The molecule has 1 atom stereocenters. The summed E-state index contributed by atoms with van der Waals surface area (Å²) in [5, 5.41) is 3.69. The van der Waals surface area contributed by atoms with E-state index in [0.29, 0.717) is 6.04 Å². The molecule has 0 radical (unpaired) electrons. The van der Waals surface area contributed by atoms with Gasteiger partial charge in [0.1, 0.15) is 0 Å². The van der Waals surface area contributed by atoms with Crippen LogP contribution in [0, 0.1) is 5.92 Å². The Labute approximate surface area is 123 Å². The molecule has 1 unspecified atom stereocenters. The minimum Gasteiger partial charge on any atom is -0.309 e. The minimum absolute atomic E-state index is 0.496. The molecule has 0 amide bonds. The van der Waals surface area contributed by atoms with Crippen LogP contribution in [0.4, 0.5) is 0 Å². The lowest BCUT2D eigenvalue weighted by atomic mass is 10.0. The molecule has 108 valence electrons. The zero-order valence-corrected chi connectivity index (χ0v) is 13.7. The maximum Gasteiger partial charge on any atom is 0.0411 e. The SMILES string of the molecule is CCCNC(CSCC(C)C)c1cccc(CC)c1. The van der Waals surface area contributed by atoms with E-state index < -0.39 is 0 Å². The fourth-order valence-corrected chi connectivity index (χ4v) is 3.20. The summed E-state index contributed by atoms with van der Waals surface area (Å²) in [6.07, 6.45) is 2.31. The largest absolute Gasteiger partial charge is 0.309 e. The Morgan fingerprint density at radius 2 is 1.95 bits per heavy atom. The van der Waals surface area contributed by atoms with Gasteiger partial charge in [0.15, 0.2) is 0 Å². The number of thioether (sulfide) groups is 1. The van der Waals surface area contributed by atoms with Crippen molar-refractivity contribution in [1.29, 1.82) is 0 Å². The predicted molar refractivity (Wildman–Crippen MR) is 89.0 cm³/mol. The second kappa shape index (κ2) is 9.44. The quantitative estimate of drug-likeness (QED) is 0.704. The van der Waals surface area contributed by atoms with Crippen LogP contribution < -0.4 is 5.32 Å². The summed E-state index contributed by atoms with van der Waals surface area (Å²) in [6.45, 7) is 10.1. The first kappa shape index (κ1) is 16.6. The van der Waals surface area contributed by atoms with Crippen molar-refractivity contribution < 1.29 is 0 Å². The van der Waals surface area contributed by atoms with Gasteiger partial charge in [0, 0.05) is 11.8 Å². The molecule has 0 aliphatic heterocycles. The van der Waals surface area contributed by atoms with Gasteiger partial charge in [0.2, 0.25) is 0 Å². The lowest BCUT2D eigenvalue weighted by Crippen LogP contribution is -2.24. The average molecular weight is 279 g/mol. The van der Waals surface area contributed by atoms with E-state index in [4.69, 9.17) is 0 Å². The number of benzene rings is 1. The third-order valence-corrected chi connectivity index (χ3v) is 4.61. The summed E-state index contributed by atoms with van der Waals surface area (Å²) in [5.41, 5.74) is 2.89. The summed E-state index contributed by atoms with van der Waals surface area (Å²) in [5.74, 6) is 3.20. The van der Waals surface area contributed by atoms with Crippen molar-refractivity contribution in [2.24, 2.45) is 5.92 Å². The fourth-order valence-electron chi connectivity index (χ4n) is 2.04. The van der Waals surface area contributed by atoms with E-state index in [-0.39, 0.29) is 0 Å². The van der Waals surface area contributed by atoms with Gasteiger partial charge in [-0.05, 0) is 42.2 Å². The van der Waals surface area contributed by atoms with Crippen LogP contribution in [0.5, 0.6) is 0 Å². The van der Waals surface area contributed by atoms with Crippen LogP contribution >= 0.6 is 11.8 Å². The van der Waals surface area contributed by atoms with E-state index >= 15 is 0 Å². The number of rotatable bonds is 9. The molecule has 1 nitrogen and oxygen atoms in total. The molecule has 1 rings (SSSR count). The molecule has 1 aromatic rings. The van der Waals surface area contributed by atoms with Crippen molar-refractivity contribution >= 4 is 11.8 Å². The number of nitrogens with one attached hydrogen (secondary N) is 1. The summed E-state index contributed by atoms with van der Waals surface area (Å²) >= 11 is 2.07. The van der Waals surface area contributed by atoms with Gasteiger partial charge < -0.3 is 5.32 Å². The lowest BCUT2D eigenvalue weighted by molar-refractivity contribution is 0.576. The monoisotopic (exact) mass is 279 g/mol. The predicted octanol–water partition coefficient (Wildman–Crippen LogP) is 4.68. The normalized spacial score (nSPS) is 12.9. The Hall–Kier alpha value is -0.470. The molecule has 0 spiro atoms. The highest BCUT2D eigenvalue weighted by Gasteiger charge is 2.11. The second-order valence-electron chi connectivity index (χ2n) is 5.54. The van der Waals surface area contributed by atoms with Gasteiger partial charge >= 0.3 is 0 Å². The first-order valence-electron chi connectivity index (χ1n) is 7.57. The van der Waals surface area contributed by atoms with Crippen molar-refractivity contribution in [3.05, 3.63) is 35.4 Å². The van der Waals surface area contributed by atoms with Crippen LogP contribution in [0.15, 0.2) is 24.3 Å².